The fraction of sp³-hybridized carbons (Fsp3) is 0.300. The summed E-state index contributed by atoms with van der Waals surface area (Å²) < 4.78 is 50.8. The second kappa shape index (κ2) is 10.2. The maximum atomic E-state index is 12.9. The Morgan fingerprint density at radius 3 is 2.23 bits per heavy atom. The first-order valence-corrected chi connectivity index (χ1v) is 10.7. The molecule has 0 radical (unpaired) electrons. The highest BCUT2D eigenvalue weighted by Gasteiger charge is 2.23. The van der Waals surface area contributed by atoms with Gasteiger partial charge in [-0.05, 0) is 63.2 Å². The van der Waals surface area contributed by atoms with E-state index >= 15 is 0 Å². The summed E-state index contributed by atoms with van der Waals surface area (Å²) in [5, 5.41) is 0. The number of hydrogen-bond acceptors (Lipinski definition) is 6. The molecule has 0 aliphatic carbocycles. The molecule has 1 unspecified atom stereocenters. The van der Waals surface area contributed by atoms with Crippen LogP contribution in [-0.2, 0) is 14.8 Å². The van der Waals surface area contributed by atoms with E-state index in [0.29, 0.717) is 0 Å². The average Bonchev–Trinajstić information content (AvgIpc) is 2.71. The van der Waals surface area contributed by atoms with E-state index < -0.39 is 33.8 Å². The molecule has 1 atom stereocenters. The first-order chi connectivity index (χ1) is 14.5. The highest BCUT2D eigenvalue weighted by molar-refractivity contribution is 7.89. The summed E-state index contributed by atoms with van der Waals surface area (Å²) in [5.74, 6) is -1.51. The SMILES string of the molecule is COc1ccc(C(=O)NNC(=O)C(C)Oc2ccc(F)cc2)cc1S(=O)(=O)NC(C)C. The second-order valence-electron chi connectivity index (χ2n) is 6.80. The van der Waals surface area contributed by atoms with Gasteiger partial charge in [-0.3, -0.25) is 20.4 Å². The predicted molar refractivity (Wildman–Crippen MR) is 111 cm³/mol. The second-order valence-corrected chi connectivity index (χ2v) is 8.48. The topological polar surface area (TPSA) is 123 Å². The Hall–Kier alpha value is -3.18. The molecule has 2 aromatic carbocycles. The molecule has 0 bridgehead atoms. The number of methoxy groups -OCH3 is 1. The Balaban J connectivity index is 2.07. The average molecular weight is 453 g/mol. The van der Waals surface area contributed by atoms with Crippen molar-refractivity contribution in [2.45, 2.75) is 37.8 Å². The minimum Gasteiger partial charge on any atom is -0.495 e. The lowest BCUT2D eigenvalue weighted by atomic mass is 10.2. The lowest BCUT2D eigenvalue weighted by molar-refractivity contribution is -0.128. The molecule has 11 heteroatoms. The maximum absolute atomic E-state index is 12.9. The first kappa shape index (κ1) is 24.1. The van der Waals surface area contributed by atoms with E-state index in [4.69, 9.17) is 9.47 Å². The number of hydrogen-bond donors (Lipinski definition) is 3. The summed E-state index contributed by atoms with van der Waals surface area (Å²) in [5.41, 5.74) is 4.38. The third-order valence-electron chi connectivity index (χ3n) is 3.90. The summed E-state index contributed by atoms with van der Waals surface area (Å²) in [6, 6.07) is 8.57. The lowest BCUT2D eigenvalue weighted by Gasteiger charge is -2.16. The lowest BCUT2D eigenvalue weighted by Crippen LogP contribution is -2.47. The first-order valence-electron chi connectivity index (χ1n) is 9.26. The number of benzene rings is 2. The van der Waals surface area contributed by atoms with Gasteiger partial charge >= 0.3 is 0 Å². The van der Waals surface area contributed by atoms with E-state index in [1.807, 2.05) is 0 Å². The molecule has 9 nitrogen and oxygen atoms in total. The van der Waals surface area contributed by atoms with Crippen molar-refractivity contribution >= 4 is 21.8 Å². The van der Waals surface area contributed by atoms with Gasteiger partial charge < -0.3 is 9.47 Å². The molecular weight excluding hydrogens is 429 g/mol. The van der Waals surface area contributed by atoms with E-state index in [1.165, 1.54) is 50.4 Å². The van der Waals surface area contributed by atoms with Gasteiger partial charge in [0.25, 0.3) is 11.8 Å². The molecule has 3 N–H and O–H groups in total. The molecule has 2 amide bonds. The summed E-state index contributed by atoms with van der Waals surface area (Å²) in [6.07, 6.45) is -0.993. The summed E-state index contributed by atoms with van der Waals surface area (Å²) >= 11 is 0. The van der Waals surface area contributed by atoms with Crippen LogP contribution in [0.15, 0.2) is 47.4 Å². The van der Waals surface area contributed by atoms with E-state index in [-0.39, 0.29) is 28.0 Å². The van der Waals surface area contributed by atoms with E-state index in [1.54, 1.807) is 13.8 Å². The molecule has 0 aliphatic heterocycles. The van der Waals surface area contributed by atoms with Crippen LogP contribution in [0.25, 0.3) is 0 Å². The van der Waals surface area contributed by atoms with Crippen molar-refractivity contribution in [2.24, 2.45) is 0 Å². The zero-order valence-corrected chi connectivity index (χ0v) is 18.2. The van der Waals surface area contributed by atoms with Crippen LogP contribution in [-0.4, -0.2) is 39.5 Å². The summed E-state index contributed by atoms with van der Waals surface area (Å²) in [6.45, 7) is 4.76. The van der Waals surface area contributed by atoms with Crippen LogP contribution >= 0.6 is 0 Å². The van der Waals surface area contributed by atoms with Gasteiger partial charge in [0.1, 0.15) is 22.2 Å². The third-order valence-corrected chi connectivity index (χ3v) is 5.58. The van der Waals surface area contributed by atoms with Crippen LogP contribution in [0.4, 0.5) is 4.39 Å². The van der Waals surface area contributed by atoms with Gasteiger partial charge in [-0.2, -0.15) is 0 Å². The van der Waals surface area contributed by atoms with Gasteiger partial charge in [-0.1, -0.05) is 0 Å². The number of rotatable bonds is 8. The number of nitrogens with one attached hydrogen (secondary N) is 3. The van der Waals surface area contributed by atoms with Gasteiger partial charge in [0, 0.05) is 11.6 Å². The van der Waals surface area contributed by atoms with Crippen molar-refractivity contribution in [3.05, 3.63) is 53.8 Å². The van der Waals surface area contributed by atoms with Crippen molar-refractivity contribution < 1.29 is 31.9 Å². The number of ether oxygens (including phenoxy) is 2. The Bertz CT molecular complexity index is 1040. The van der Waals surface area contributed by atoms with Crippen LogP contribution in [0, 0.1) is 5.82 Å². The zero-order valence-electron chi connectivity index (χ0n) is 17.4. The molecule has 0 saturated heterocycles. The Labute approximate surface area is 180 Å². The number of carbonyl (C=O) groups excluding carboxylic acids is 2. The zero-order chi connectivity index (χ0) is 23.2. The minimum atomic E-state index is -3.93. The number of sulfonamides is 1. The molecule has 2 aromatic rings. The molecule has 0 saturated carbocycles. The molecule has 168 valence electrons. The smallest absolute Gasteiger partial charge is 0.279 e. The minimum absolute atomic E-state index is 0.0164. The van der Waals surface area contributed by atoms with Crippen molar-refractivity contribution in [2.75, 3.05) is 7.11 Å². The van der Waals surface area contributed by atoms with Crippen LogP contribution in [0.1, 0.15) is 31.1 Å². The molecule has 0 fully saturated rings. The summed E-state index contributed by atoms with van der Waals surface area (Å²) in [7, 11) is -2.62. The predicted octanol–water partition coefficient (Wildman–Crippen LogP) is 1.75. The third kappa shape index (κ3) is 6.66. The van der Waals surface area contributed by atoms with Crippen molar-refractivity contribution in [1.82, 2.24) is 15.6 Å². The van der Waals surface area contributed by atoms with Gasteiger partial charge in [-0.25, -0.2) is 17.5 Å². The largest absolute Gasteiger partial charge is 0.495 e. The Kier molecular flexibility index (Phi) is 7.95. The Morgan fingerprint density at radius 1 is 1.00 bits per heavy atom. The van der Waals surface area contributed by atoms with Crippen molar-refractivity contribution in [3.63, 3.8) is 0 Å². The Morgan fingerprint density at radius 2 is 1.65 bits per heavy atom. The molecule has 2 rings (SSSR count). The van der Waals surface area contributed by atoms with Gasteiger partial charge in [0.05, 0.1) is 7.11 Å². The fourth-order valence-electron chi connectivity index (χ4n) is 2.46. The maximum Gasteiger partial charge on any atom is 0.279 e. The van der Waals surface area contributed by atoms with E-state index in [9.17, 15) is 22.4 Å². The monoisotopic (exact) mass is 453 g/mol. The van der Waals surface area contributed by atoms with Gasteiger partial charge in [-0.15, -0.1) is 0 Å². The van der Waals surface area contributed by atoms with E-state index in [2.05, 4.69) is 15.6 Å². The van der Waals surface area contributed by atoms with Gasteiger partial charge in [0.15, 0.2) is 6.10 Å². The molecule has 0 aliphatic rings. The highest BCUT2D eigenvalue weighted by atomic mass is 32.2. The molecule has 0 aromatic heterocycles. The molecular formula is C20H24FN3O6S. The normalized spacial score (nSPS) is 12.2. The van der Waals surface area contributed by atoms with Crippen LogP contribution in [0.5, 0.6) is 11.5 Å². The number of amides is 2. The quantitative estimate of drug-likeness (QED) is 0.524. The molecule has 31 heavy (non-hydrogen) atoms. The molecule has 0 heterocycles. The number of halogens is 1. The number of carbonyl (C=O) groups is 2. The number of hydrazine groups is 1. The summed E-state index contributed by atoms with van der Waals surface area (Å²) in [4.78, 5) is 24.3. The van der Waals surface area contributed by atoms with Crippen LogP contribution in [0.3, 0.4) is 0 Å². The fourth-order valence-corrected chi connectivity index (χ4v) is 3.91. The van der Waals surface area contributed by atoms with Crippen LogP contribution < -0.4 is 25.0 Å². The van der Waals surface area contributed by atoms with Gasteiger partial charge in [0.2, 0.25) is 10.0 Å². The van der Waals surface area contributed by atoms with Crippen LogP contribution in [0.2, 0.25) is 0 Å². The van der Waals surface area contributed by atoms with E-state index in [0.717, 1.165) is 6.07 Å². The van der Waals surface area contributed by atoms with Crippen molar-refractivity contribution in [3.8, 4) is 11.5 Å². The molecule has 0 spiro atoms. The highest BCUT2D eigenvalue weighted by Crippen LogP contribution is 2.25. The van der Waals surface area contributed by atoms with Crippen molar-refractivity contribution in [1.29, 1.82) is 0 Å². The standard InChI is InChI=1S/C20H24FN3O6S/c1-12(2)24-31(27,28)18-11-14(5-10-17(18)29-4)20(26)23-22-19(25)13(3)30-16-8-6-15(21)7-9-16/h5-13,24H,1-4H3,(H,22,25)(H,23,26).